The van der Waals surface area contributed by atoms with Crippen molar-refractivity contribution in [3.8, 4) is 0 Å². The third-order valence-electron chi connectivity index (χ3n) is 3.70. The van der Waals surface area contributed by atoms with Gasteiger partial charge in [-0.2, -0.15) is 0 Å². The van der Waals surface area contributed by atoms with Crippen molar-refractivity contribution in [2.45, 2.75) is 45.0 Å². The maximum absolute atomic E-state index is 6.38. The fourth-order valence-electron chi connectivity index (χ4n) is 1.51. The van der Waals surface area contributed by atoms with Gasteiger partial charge in [0.25, 0.3) is 0 Å². The first-order valence-corrected chi connectivity index (χ1v) is 9.46. The lowest BCUT2D eigenvalue weighted by Crippen LogP contribution is -2.42. The van der Waals surface area contributed by atoms with Gasteiger partial charge in [0.1, 0.15) is 6.10 Å². The van der Waals surface area contributed by atoms with Crippen molar-refractivity contribution in [2.75, 3.05) is 19.5 Å². The molecule has 0 saturated carbocycles. The first-order valence-electron chi connectivity index (χ1n) is 6.55. The van der Waals surface area contributed by atoms with Crippen molar-refractivity contribution in [1.29, 1.82) is 0 Å². The van der Waals surface area contributed by atoms with Gasteiger partial charge in [-0.05, 0) is 30.3 Å². The summed E-state index contributed by atoms with van der Waals surface area (Å²) in [6, 6.07) is 3.64. The lowest BCUT2D eigenvalue weighted by atomic mass is 10.2. The standard InChI is InChI=1S/C14H26N2O2Si/c1-14(2,3)19(5,6)18-13(10-17-4)12-9-11(15)7-8-16-12/h7-9,13H,10H2,1-6H3,(H2,15,16)/t13-/m0/s1. The van der Waals surface area contributed by atoms with Crippen LogP contribution < -0.4 is 5.73 Å². The Morgan fingerprint density at radius 1 is 1.37 bits per heavy atom. The molecule has 0 bridgehead atoms. The molecule has 0 saturated heterocycles. The SMILES string of the molecule is COC[C@H](O[Si](C)(C)C(C)(C)C)c1cc(N)ccn1. The second-order valence-electron chi connectivity index (χ2n) is 6.34. The second kappa shape index (κ2) is 6.03. The molecule has 1 rings (SSSR count). The summed E-state index contributed by atoms with van der Waals surface area (Å²) < 4.78 is 11.7. The van der Waals surface area contributed by atoms with Gasteiger partial charge in [0, 0.05) is 19.0 Å². The van der Waals surface area contributed by atoms with Crippen LogP contribution in [0.2, 0.25) is 18.1 Å². The van der Waals surface area contributed by atoms with Gasteiger partial charge in [-0.1, -0.05) is 20.8 Å². The molecule has 1 aromatic rings. The maximum Gasteiger partial charge on any atom is 0.193 e. The lowest BCUT2D eigenvalue weighted by Gasteiger charge is -2.39. The highest BCUT2D eigenvalue weighted by Gasteiger charge is 2.39. The molecular formula is C14H26N2O2Si. The zero-order chi connectivity index (χ0) is 14.7. The highest BCUT2D eigenvalue weighted by Crippen LogP contribution is 2.39. The van der Waals surface area contributed by atoms with E-state index >= 15 is 0 Å². The second-order valence-corrected chi connectivity index (χ2v) is 11.1. The first kappa shape index (κ1) is 16.1. The Hall–Kier alpha value is -0.913. The molecule has 1 heterocycles. The third kappa shape index (κ3) is 4.30. The normalized spacial score (nSPS) is 14.4. The van der Waals surface area contributed by atoms with Gasteiger partial charge in [-0.15, -0.1) is 0 Å². The number of hydrogen-bond acceptors (Lipinski definition) is 4. The smallest absolute Gasteiger partial charge is 0.193 e. The van der Waals surface area contributed by atoms with Crippen LogP contribution in [0.3, 0.4) is 0 Å². The minimum absolute atomic E-state index is 0.152. The van der Waals surface area contributed by atoms with Gasteiger partial charge in [0.15, 0.2) is 8.32 Å². The van der Waals surface area contributed by atoms with Crippen molar-refractivity contribution >= 4 is 14.0 Å². The van der Waals surface area contributed by atoms with Crippen LogP contribution in [0.5, 0.6) is 0 Å². The van der Waals surface area contributed by atoms with E-state index < -0.39 is 8.32 Å². The van der Waals surface area contributed by atoms with Crippen LogP contribution in [-0.2, 0) is 9.16 Å². The van der Waals surface area contributed by atoms with Gasteiger partial charge < -0.3 is 14.9 Å². The molecule has 108 valence electrons. The van der Waals surface area contributed by atoms with E-state index in [1.54, 1.807) is 19.4 Å². The Labute approximate surface area is 117 Å². The Bertz CT molecular complexity index is 416. The molecule has 4 nitrogen and oxygen atoms in total. The highest BCUT2D eigenvalue weighted by atomic mass is 28.4. The van der Waals surface area contributed by atoms with Crippen LogP contribution in [0.1, 0.15) is 32.6 Å². The van der Waals surface area contributed by atoms with Crippen LogP contribution >= 0.6 is 0 Å². The largest absolute Gasteiger partial charge is 0.406 e. The van der Waals surface area contributed by atoms with Gasteiger partial charge in [0.05, 0.1) is 12.3 Å². The summed E-state index contributed by atoms with van der Waals surface area (Å²) in [6.07, 6.45) is 1.55. The molecule has 0 fully saturated rings. The predicted molar refractivity (Wildman–Crippen MR) is 81.5 cm³/mol. The average molecular weight is 282 g/mol. The molecule has 19 heavy (non-hydrogen) atoms. The molecule has 0 amide bonds. The number of hydrogen-bond donors (Lipinski definition) is 1. The first-order chi connectivity index (χ1) is 8.67. The molecule has 0 unspecified atom stereocenters. The molecule has 5 heteroatoms. The number of nitrogen functional groups attached to an aromatic ring is 1. The van der Waals surface area contributed by atoms with Crippen LogP contribution in [0.15, 0.2) is 18.3 Å². The van der Waals surface area contributed by atoms with Crippen molar-refractivity contribution in [1.82, 2.24) is 4.98 Å². The van der Waals surface area contributed by atoms with E-state index in [0.717, 1.165) is 5.69 Å². The van der Waals surface area contributed by atoms with E-state index in [1.807, 2.05) is 6.07 Å². The van der Waals surface area contributed by atoms with Gasteiger partial charge in [0.2, 0.25) is 0 Å². The van der Waals surface area contributed by atoms with Crippen molar-refractivity contribution in [3.63, 3.8) is 0 Å². The Balaban J connectivity index is 2.96. The van der Waals surface area contributed by atoms with E-state index in [4.69, 9.17) is 14.9 Å². The molecular weight excluding hydrogens is 256 g/mol. The van der Waals surface area contributed by atoms with E-state index in [-0.39, 0.29) is 11.1 Å². The number of methoxy groups -OCH3 is 1. The van der Waals surface area contributed by atoms with Crippen molar-refractivity contribution in [2.24, 2.45) is 0 Å². The van der Waals surface area contributed by atoms with E-state index in [0.29, 0.717) is 12.3 Å². The van der Waals surface area contributed by atoms with Gasteiger partial charge in [-0.3, -0.25) is 4.98 Å². The summed E-state index contributed by atoms with van der Waals surface area (Å²) in [5.74, 6) is 0. The zero-order valence-corrected chi connectivity index (χ0v) is 13.9. The Morgan fingerprint density at radius 3 is 2.47 bits per heavy atom. The summed E-state index contributed by atoms with van der Waals surface area (Å²) in [7, 11) is -0.191. The summed E-state index contributed by atoms with van der Waals surface area (Å²) in [4.78, 5) is 4.36. The monoisotopic (exact) mass is 282 g/mol. The lowest BCUT2D eigenvalue weighted by molar-refractivity contribution is 0.0689. The molecule has 0 aliphatic rings. The number of ether oxygens (including phenoxy) is 1. The predicted octanol–water partition coefficient (Wildman–Crippen LogP) is 3.37. The van der Waals surface area contributed by atoms with Crippen LogP contribution in [0.4, 0.5) is 5.69 Å². The van der Waals surface area contributed by atoms with E-state index in [9.17, 15) is 0 Å². The Kier molecular flexibility index (Phi) is 5.12. The molecule has 0 spiro atoms. The summed E-state index contributed by atoms with van der Waals surface area (Å²) in [5.41, 5.74) is 7.36. The van der Waals surface area contributed by atoms with E-state index in [2.05, 4.69) is 38.8 Å². The quantitative estimate of drug-likeness (QED) is 0.841. The number of aromatic nitrogens is 1. The number of nitrogens with two attached hydrogens (primary N) is 1. The number of nitrogens with zero attached hydrogens (tertiary/aromatic N) is 1. The van der Waals surface area contributed by atoms with Gasteiger partial charge >= 0.3 is 0 Å². The number of rotatable bonds is 5. The summed E-state index contributed by atoms with van der Waals surface area (Å²) in [5, 5.41) is 0.152. The number of pyridine rings is 1. The molecule has 1 aromatic heterocycles. The van der Waals surface area contributed by atoms with Crippen LogP contribution in [0, 0.1) is 0 Å². The molecule has 0 radical (unpaired) electrons. The minimum atomic E-state index is -1.87. The minimum Gasteiger partial charge on any atom is -0.406 e. The van der Waals surface area contributed by atoms with Crippen molar-refractivity contribution < 1.29 is 9.16 Å². The summed E-state index contributed by atoms with van der Waals surface area (Å²) in [6.45, 7) is 11.6. The third-order valence-corrected chi connectivity index (χ3v) is 8.18. The maximum atomic E-state index is 6.38. The Morgan fingerprint density at radius 2 is 2.00 bits per heavy atom. The van der Waals surface area contributed by atoms with E-state index in [1.165, 1.54) is 0 Å². The molecule has 0 aliphatic carbocycles. The van der Waals surface area contributed by atoms with Crippen LogP contribution in [-0.4, -0.2) is 27.0 Å². The van der Waals surface area contributed by atoms with Crippen LogP contribution in [0.25, 0.3) is 0 Å². The fraction of sp³-hybridized carbons (Fsp3) is 0.643. The molecule has 1 atom stereocenters. The van der Waals surface area contributed by atoms with Crippen molar-refractivity contribution in [3.05, 3.63) is 24.0 Å². The topological polar surface area (TPSA) is 57.4 Å². The molecule has 0 aromatic carbocycles. The molecule has 0 aliphatic heterocycles. The average Bonchev–Trinajstić information content (AvgIpc) is 2.26. The highest BCUT2D eigenvalue weighted by molar-refractivity contribution is 6.74. The molecule has 2 N–H and O–H groups in total. The number of anilines is 1. The zero-order valence-electron chi connectivity index (χ0n) is 12.9. The summed E-state index contributed by atoms with van der Waals surface area (Å²) >= 11 is 0. The van der Waals surface area contributed by atoms with Gasteiger partial charge in [-0.25, -0.2) is 0 Å². The fourth-order valence-corrected chi connectivity index (χ4v) is 2.76.